The van der Waals surface area contributed by atoms with Gasteiger partial charge in [-0.25, -0.2) is 5.21 Å². The van der Waals surface area contributed by atoms with E-state index in [0.29, 0.717) is 28.9 Å². The van der Waals surface area contributed by atoms with Gasteiger partial charge in [0.1, 0.15) is 5.76 Å². The van der Waals surface area contributed by atoms with Gasteiger partial charge in [0.25, 0.3) is 0 Å². The molecule has 0 saturated heterocycles. The molecule has 1 unspecified atom stereocenters. The van der Waals surface area contributed by atoms with Crippen molar-refractivity contribution in [2.75, 3.05) is 5.32 Å². The zero-order chi connectivity index (χ0) is 21.5. The molecule has 1 aliphatic heterocycles. The minimum absolute atomic E-state index is 0.0724. The van der Waals surface area contributed by atoms with Gasteiger partial charge in [-0.15, -0.1) is 0 Å². The van der Waals surface area contributed by atoms with E-state index in [0.717, 1.165) is 11.3 Å². The summed E-state index contributed by atoms with van der Waals surface area (Å²) >= 11 is 0. The molecule has 0 spiro atoms. The normalized spacial score (nSPS) is 18.6. The van der Waals surface area contributed by atoms with Crippen molar-refractivity contribution in [3.8, 4) is 0 Å². The summed E-state index contributed by atoms with van der Waals surface area (Å²) in [6.45, 7) is 0. The summed E-state index contributed by atoms with van der Waals surface area (Å²) < 4.78 is 0. The lowest BCUT2D eigenvalue weighted by atomic mass is 9.95. The Bertz CT molecular complexity index is 1260. The van der Waals surface area contributed by atoms with Gasteiger partial charge < -0.3 is 15.6 Å². The first-order chi connectivity index (χ1) is 15.0. The molecule has 154 valence electrons. The number of ketones is 1. The van der Waals surface area contributed by atoms with Gasteiger partial charge in [-0.3, -0.25) is 9.79 Å². The van der Waals surface area contributed by atoms with Gasteiger partial charge in [0.15, 0.2) is 11.5 Å². The number of carbonyl (C=O) groups is 1. The molecule has 0 radical (unpaired) electrons. The number of aliphatic hydroxyl groups excluding tert-OH is 1. The largest absolute Gasteiger partial charge is 0.595 e. The number of fused-ring (bicyclic) bond motifs is 2. The Morgan fingerprint density at radius 1 is 1.00 bits per heavy atom. The quantitative estimate of drug-likeness (QED) is 0.487. The van der Waals surface area contributed by atoms with Crippen molar-refractivity contribution in [3.63, 3.8) is 0 Å². The number of Topliss-reactive ketones (excluding diaryl/α,β-unsaturated/α-hetero) is 1. The van der Waals surface area contributed by atoms with Gasteiger partial charge in [-0.2, -0.15) is 5.23 Å². The number of nitrogens with zero attached hydrogens (tertiary/aromatic N) is 1. The highest BCUT2D eigenvalue weighted by Gasteiger charge is 2.34. The summed E-state index contributed by atoms with van der Waals surface area (Å²) in [5, 5.41) is 34.1. The third-order valence-corrected chi connectivity index (χ3v) is 5.60. The van der Waals surface area contributed by atoms with E-state index in [1.165, 1.54) is 6.07 Å². The van der Waals surface area contributed by atoms with Gasteiger partial charge in [-0.1, -0.05) is 48.5 Å². The molecule has 0 bridgehead atoms. The molecule has 0 saturated carbocycles. The topological polar surface area (TPSA) is 109 Å². The van der Waals surface area contributed by atoms with Crippen LogP contribution in [0, 0.1) is 5.21 Å². The predicted molar refractivity (Wildman–Crippen MR) is 117 cm³/mol. The Hall–Kier alpha value is -3.78. The van der Waals surface area contributed by atoms with Crippen molar-refractivity contribution in [3.05, 3.63) is 100 Å². The van der Waals surface area contributed by atoms with Gasteiger partial charge in [-0.05, 0) is 17.7 Å². The SMILES string of the molecule is O=C1C(C2=Nc3ccccc3N[C@H](c3cccc([NH+]([O-])O)c3)C2)=C(O)c2ccccc21. The zero-order valence-electron chi connectivity index (χ0n) is 16.4. The first-order valence-electron chi connectivity index (χ1n) is 9.87. The second kappa shape index (κ2) is 7.48. The smallest absolute Gasteiger partial charge is 0.199 e. The number of anilines is 1. The third-order valence-electron chi connectivity index (χ3n) is 5.60. The van der Waals surface area contributed by atoms with Crippen LogP contribution in [0.15, 0.2) is 83.4 Å². The van der Waals surface area contributed by atoms with Gasteiger partial charge in [0.05, 0.1) is 28.7 Å². The fourth-order valence-electron chi connectivity index (χ4n) is 4.10. The van der Waals surface area contributed by atoms with Crippen molar-refractivity contribution < 1.29 is 20.3 Å². The number of nitrogens with one attached hydrogen (secondary N) is 2. The summed E-state index contributed by atoms with van der Waals surface area (Å²) in [5.74, 6) is -0.332. The van der Waals surface area contributed by atoms with Crippen LogP contribution in [-0.2, 0) is 0 Å². The van der Waals surface area contributed by atoms with Crippen LogP contribution in [0.3, 0.4) is 0 Å². The Morgan fingerprint density at radius 2 is 1.74 bits per heavy atom. The zero-order valence-corrected chi connectivity index (χ0v) is 16.4. The number of aliphatic imine (C=N–C) groups is 1. The summed E-state index contributed by atoms with van der Waals surface area (Å²) in [5.41, 5.74) is 3.97. The van der Waals surface area contributed by atoms with Gasteiger partial charge in [0.2, 0.25) is 0 Å². The standard InChI is InChI=1S/C24H19N3O4/c28-23-16-8-1-2-9-17(16)24(29)22(23)21-13-20(14-6-5-7-15(12-14)27(30)31)25-18-10-3-4-11-19(18)26-21/h1-12,20,25,27-28,30H,13H2/t20-/m0/s1. The number of quaternary nitrogens is 1. The number of carbonyl (C=O) groups excluding carboxylic acids is 1. The van der Waals surface area contributed by atoms with Crippen LogP contribution in [0.2, 0.25) is 0 Å². The van der Waals surface area contributed by atoms with Crippen molar-refractivity contribution >= 4 is 34.3 Å². The minimum atomic E-state index is -1.01. The van der Waals surface area contributed by atoms with E-state index in [4.69, 9.17) is 4.99 Å². The second-order valence-corrected chi connectivity index (χ2v) is 7.51. The third kappa shape index (κ3) is 3.30. The first kappa shape index (κ1) is 19.2. The molecule has 4 N–H and O–H groups in total. The lowest BCUT2D eigenvalue weighted by Crippen LogP contribution is -2.99. The Balaban J connectivity index is 1.63. The maximum Gasteiger partial charge on any atom is 0.199 e. The lowest BCUT2D eigenvalue weighted by molar-refractivity contribution is -0.991. The van der Waals surface area contributed by atoms with E-state index in [-0.39, 0.29) is 28.8 Å². The van der Waals surface area contributed by atoms with Crippen LogP contribution in [-0.4, -0.2) is 21.8 Å². The number of aliphatic hydroxyl groups is 1. The van der Waals surface area contributed by atoms with Crippen molar-refractivity contribution in [1.82, 2.24) is 0 Å². The first-order valence-corrected chi connectivity index (χ1v) is 9.87. The van der Waals surface area contributed by atoms with Crippen LogP contribution in [0.1, 0.15) is 33.9 Å². The van der Waals surface area contributed by atoms with Crippen LogP contribution in [0.25, 0.3) is 5.76 Å². The van der Waals surface area contributed by atoms with E-state index in [1.54, 1.807) is 36.4 Å². The Morgan fingerprint density at radius 3 is 2.52 bits per heavy atom. The second-order valence-electron chi connectivity index (χ2n) is 7.51. The Kier molecular flexibility index (Phi) is 4.63. The average molecular weight is 413 g/mol. The molecular weight excluding hydrogens is 394 g/mol. The monoisotopic (exact) mass is 413 g/mol. The van der Waals surface area contributed by atoms with Gasteiger partial charge >= 0.3 is 0 Å². The molecule has 5 rings (SSSR count). The van der Waals surface area contributed by atoms with Crippen molar-refractivity contribution in [1.29, 1.82) is 0 Å². The average Bonchev–Trinajstić information content (AvgIpc) is 2.93. The lowest BCUT2D eigenvalue weighted by Gasteiger charge is -2.21. The molecule has 0 aromatic heterocycles. The van der Waals surface area contributed by atoms with Gasteiger partial charge in [0, 0.05) is 29.7 Å². The summed E-state index contributed by atoms with van der Waals surface area (Å²) in [6.07, 6.45) is 0.302. The molecule has 3 aromatic rings. The molecule has 2 aliphatic rings. The molecule has 0 fully saturated rings. The van der Waals surface area contributed by atoms with Crippen LogP contribution >= 0.6 is 0 Å². The molecular formula is C24H19N3O4. The van der Waals surface area contributed by atoms with E-state index >= 15 is 0 Å². The van der Waals surface area contributed by atoms with E-state index in [1.807, 2.05) is 30.3 Å². The number of para-hydroxylation sites is 2. The molecule has 1 heterocycles. The fraction of sp³-hybridized carbons (Fsp3) is 0.0833. The number of allylic oxidation sites excluding steroid dienone is 1. The summed E-state index contributed by atoms with van der Waals surface area (Å²) in [4.78, 5) is 17.9. The number of hydrogen-bond acceptors (Lipinski definition) is 6. The molecule has 7 heteroatoms. The Labute approximate surface area is 178 Å². The number of hydrogen-bond donors (Lipinski definition) is 4. The van der Waals surface area contributed by atoms with E-state index in [2.05, 4.69) is 5.32 Å². The maximum absolute atomic E-state index is 13.1. The molecule has 7 nitrogen and oxygen atoms in total. The number of rotatable bonds is 3. The van der Waals surface area contributed by atoms with Crippen molar-refractivity contribution in [2.24, 2.45) is 4.99 Å². The van der Waals surface area contributed by atoms with E-state index in [9.17, 15) is 20.3 Å². The fourth-order valence-corrected chi connectivity index (χ4v) is 4.10. The maximum atomic E-state index is 13.1. The van der Waals surface area contributed by atoms with Crippen LogP contribution < -0.4 is 10.5 Å². The highest BCUT2D eigenvalue weighted by Crippen LogP contribution is 2.39. The van der Waals surface area contributed by atoms with Crippen LogP contribution in [0.5, 0.6) is 0 Å². The predicted octanol–water partition coefficient (Wildman–Crippen LogP) is 3.89. The molecule has 31 heavy (non-hydrogen) atoms. The number of benzene rings is 3. The van der Waals surface area contributed by atoms with E-state index < -0.39 is 5.23 Å². The van der Waals surface area contributed by atoms with Crippen LogP contribution in [0.4, 0.5) is 17.1 Å². The summed E-state index contributed by atoms with van der Waals surface area (Å²) in [7, 11) is 0. The minimum Gasteiger partial charge on any atom is -0.595 e. The summed E-state index contributed by atoms with van der Waals surface area (Å²) in [6, 6.07) is 20.8. The molecule has 1 aliphatic carbocycles. The molecule has 2 atom stereocenters. The highest BCUT2D eigenvalue weighted by molar-refractivity contribution is 6.36. The molecule has 0 amide bonds. The molecule has 3 aromatic carbocycles. The highest BCUT2D eigenvalue weighted by atomic mass is 16.8. The van der Waals surface area contributed by atoms with Crippen molar-refractivity contribution in [2.45, 2.75) is 12.5 Å².